The molecule has 25 heavy (non-hydrogen) atoms. The Hall–Kier alpha value is -2.78. The quantitative estimate of drug-likeness (QED) is 0.441. The first-order chi connectivity index (χ1) is 11.8. The average molecular weight is 364 g/mol. The van der Waals surface area contributed by atoms with E-state index in [2.05, 4.69) is 0 Å². The van der Waals surface area contributed by atoms with Gasteiger partial charge in [-0.3, -0.25) is 10.1 Å². The van der Waals surface area contributed by atoms with Crippen LogP contribution in [0.3, 0.4) is 0 Å². The first-order valence-electron chi connectivity index (χ1n) is 7.15. The number of methoxy groups -OCH3 is 1. The highest BCUT2D eigenvalue weighted by molar-refractivity contribution is 7.89. The molecule has 2 aromatic carbocycles. The lowest BCUT2D eigenvalue weighted by Gasteiger charge is -2.25. The molecular formula is C16H16N2O6S. The minimum Gasteiger partial charge on any atom is -0.468 e. The van der Waals surface area contributed by atoms with Crippen molar-refractivity contribution >= 4 is 21.7 Å². The molecule has 0 saturated carbocycles. The van der Waals surface area contributed by atoms with E-state index in [4.69, 9.17) is 4.74 Å². The zero-order valence-electron chi connectivity index (χ0n) is 13.5. The second-order valence-electron chi connectivity index (χ2n) is 5.08. The largest absolute Gasteiger partial charge is 0.468 e. The lowest BCUT2D eigenvalue weighted by molar-refractivity contribution is -0.387. The minimum atomic E-state index is -4.33. The molecule has 9 heteroatoms. The number of ether oxygens (including phenoxy) is 1. The average Bonchev–Trinajstić information content (AvgIpc) is 2.62. The fourth-order valence-corrected chi connectivity index (χ4v) is 3.81. The van der Waals surface area contributed by atoms with Crippen LogP contribution in [0.5, 0.6) is 0 Å². The SMILES string of the molecule is COC(=O)[C@H](c1ccccc1)N(C)S(=O)(=O)c1ccccc1[N+](=O)[O-]. The van der Waals surface area contributed by atoms with Gasteiger partial charge in [0.1, 0.15) is 6.04 Å². The predicted octanol–water partition coefficient (Wildman–Crippen LogP) is 2.13. The Balaban J connectivity index is 2.57. The van der Waals surface area contributed by atoms with Crippen molar-refractivity contribution in [3.63, 3.8) is 0 Å². The number of para-hydroxylation sites is 1. The van der Waals surface area contributed by atoms with E-state index in [-0.39, 0.29) is 0 Å². The molecule has 0 aliphatic carbocycles. The van der Waals surface area contributed by atoms with Crippen molar-refractivity contribution in [3.8, 4) is 0 Å². The van der Waals surface area contributed by atoms with Crippen LogP contribution in [-0.4, -0.2) is 37.8 Å². The number of nitrogens with zero attached hydrogens (tertiary/aromatic N) is 2. The fraction of sp³-hybridized carbons (Fsp3) is 0.188. The van der Waals surface area contributed by atoms with Crippen LogP contribution < -0.4 is 0 Å². The molecule has 2 rings (SSSR count). The van der Waals surface area contributed by atoms with Crippen molar-refractivity contribution in [1.29, 1.82) is 0 Å². The summed E-state index contributed by atoms with van der Waals surface area (Å²) < 4.78 is 31.3. The van der Waals surface area contributed by atoms with E-state index in [9.17, 15) is 23.3 Å². The lowest BCUT2D eigenvalue weighted by Crippen LogP contribution is -2.36. The molecule has 0 radical (unpaired) electrons. The van der Waals surface area contributed by atoms with Crippen LogP contribution in [0.15, 0.2) is 59.5 Å². The monoisotopic (exact) mass is 364 g/mol. The second-order valence-corrected chi connectivity index (χ2v) is 7.05. The van der Waals surface area contributed by atoms with Crippen LogP contribution >= 0.6 is 0 Å². The van der Waals surface area contributed by atoms with E-state index in [1.165, 1.54) is 19.2 Å². The third-order valence-corrected chi connectivity index (χ3v) is 5.49. The number of nitro groups is 1. The number of esters is 1. The van der Waals surface area contributed by atoms with E-state index in [1.54, 1.807) is 30.3 Å². The van der Waals surface area contributed by atoms with Crippen molar-refractivity contribution in [1.82, 2.24) is 4.31 Å². The number of nitro benzene ring substituents is 1. The Labute approximate surface area is 144 Å². The molecule has 0 unspecified atom stereocenters. The van der Waals surface area contributed by atoms with Gasteiger partial charge in [0.15, 0.2) is 4.90 Å². The van der Waals surface area contributed by atoms with Gasteiger partial charge in [-0.05, 0) is 11.6 Å². The zero-order chi connectivity index (χ0) is 18.6. The highest BCUT2D eigenvalue weighted by atomic mass is 32.2. The molecule has 0 saturated heterocycles. The van der Waals surface area contributed by atoms with Gasteiger partial charge in [0, 0.05) is 13.1 Å². The number of carbonyl (C=O) groups is 1. The zero-order valence-corrected chi connectivity index (χ0v) is 14.3. The summed E-state index contributed by atoms with van der Waals surface area (Å²) >= 11 is 0. The fourth-order valence-electron chi connectivity index (χ4n) is 2.36. The maximum Gasteiger partial charge on any atom is 0.328 e. The summed E-state index contributed by atoms with van der Waals surface area (Å²) in [7, 11) is -2.00. The summed E-state index contributed by atoms with van der Waals surface area (Å²) in [6.45, 7) is 0. The lowest BCUT2D eigenvalue weighted by atomic mass is 10.1. The third kappa shape index (κ3) is 3.67. The van der Waals surface area contributed by atoms with E-state index < -0.39 is 37.5 Å². The van der Waals surface area contributed by atoms with Crippen molar-refractivity contribution in [2.75, 3.05) is 14.2 Å². The smallest absolute Gasteiger partial charge is 0.328 e. The topological polar surface area (TPSA) is 107 Å². The maximum atomic E-state index is 12.9. The van der Waals surface area contributed by atoms with Crippen LogP contribution in [0.25, 0.3) is 0 Å². The Bertz CT molecular complexity index is 883. The molecule has 1 atom stereocenters. The summed E-state index contributed by atoms with van der Waals surface area (Å²) in [6, 6.07) is 11.9. The molecule has 8 nitrogen and oxygen atoms in total. The molecule has 0 amide bonds. The van der Waals surface area contributed by atoms with Crippen LogP contribution in [0.4, 0.5) is 5.69 Å². The van der Waals surface area contributed by atoms with Gasteiger partial charge in [-0.1, -0.05) is 42.5 Å². The maximum absolute atomic E-state index is 12.9. The van der Waals surface area contributed by atoms with Crippen molar-refractivity contribution in [2.45, 2.75) is 10.9 Å². The van der Waals surface area contributed by atoms with Gasteiger partial charge >= 0.3 is 5.97 Å². The standard InChI is InChI=1S/C16H16N2O6S/c1-17(15(16(19)24-2)12-8-4-3-5-9-12)25(22,23)14-11-7-6-10-13(14)18(20)21/h3-11,15H,1-2H3/t15-/m0/s1. The molecule has 0 aromatic heterocycles. The number of rotatable bonds is 6. The Morgan fingerprint density at radius 3 is 2.24 bits per heavy atom. The molecule has 0 fully saturated rings. The minimum absolute atomic E-state index is 0.388. The Morgan fingerprint density at radius 2 is 1.68 bits per heavy atom. The van der Waals surface area contributed by atoms with E-state index in [0.29, 0.717) is 5.56 Å². The molecule has 0 N–H and O–H groups in total. The molecule has 2 aromatic rings. The summed E-state index contributed by atoms with van der Waals surface area (Å²) in [5, 5.41) is 11.2. The molecule has 0 spiro atoms. The molecule has 132 valence electrons. The number of carbonyl (C=O) groups excluding carboxylic acids is 1. The summed E-state index contributed by atoms with van der Waals surface area (Å²) in [6.07, 6.45) is 0. The summed E-state index contributed by atoms with van der Waals surface area (Å²) in [4.78, 5) is 22.1. The number of hydrogen-bond donors (Lipinski definition) is 0. The van der Waals surface area contributed by atoms with E-state index >= 15 is 0 Å². The number of benzene rings is 2. The first-order valence-corrected chi connectivity index (χ1v) is 8.59. The van der Waals surface area contributed by atoms with Gasteiger partial charge in [-0.2, -0.15) is 4.31 Å². The number of hydrogen-bond acceptors (Lipinski definition) is 6. The van der Waals surface area contributed by atoms with Crippen molar-refractivity contribution in [3.05, 3.63) is 70.3 Å². The third-order valence-electron chi connectivity index (χ3n) is 3.62. The Morgan fingerprint density at radius 1 is 1.12 bits per heavy atom. The van der Waals surface area contributed by atoms with Gasteiger partial charge < -0.3 is 4.74 Å². The Kier molecular flexibility index (Phi) is 5.50. The highest BCUT2D eigenvalue weighted by Crippen LogP contribution is 2.31. The number of sulfonamides is 1. The van der Waals surface area contributed by atoms with Gasteiger partial charge in [0.25, 0.3) is 15.7 Å². The van der Waals surface area contributed by atoms with Crippen LogP contribution in [0, 0.1) is 10.1 Å². The van der Waals surface area contributed by atoms with Crippen LogP contribution in [-0.2, 0) is 19.6 Å². The van der Waals surface area contributed by atoms with Crippen LogP contribution in [0.1, 0.15) is 11.6 Å². The summed E-state index contributed by atoms with van der Waals surface area (Å²) in [5.74, 6) is -0.796. The van der Waals surface area contributed by atoms with Gasteiger partial charge in [0.2, 0.25) is 0 Å². The van der Waals surface area contributed by atoms with Crippen LogP contribution in [0.2, 0.25) is 0 Å². The number of likely N-dealkylation sites (N-methyl/N-ethyl adjacent to an activating group) is 1. The molecule has 0 heterocycles. The molecular weight excluding hydrogens is 348 g/mol. The summed E-state index contributed by atoms with van der Waals surface area (Å²) in [5.41, 5.74) is -0.176. The highest BCUT2D eigenvalue weighted by Gasteiger charge is 2.38. The molecule has 0 bridgehead atoms. The molecule has 0 aliphatic rings. The molecule has 0 aliphatic heterocycles. The second kappa shape index (κ2) is 7.41. The van der Waals surface area contributed by atoms with Crippen molar-refractivity contribution < 1.29 is 22.9 Å². The van der Waals surface area contributed by atoms with Gasteiger partial charge in [0.05, 0.1) is 12.0 Å². The predicted molar refractivity (Wildman–Crippen MR) is 89.2 cm³/mol. The van der Waals surface area contributed by atoms with E-state index in [1.807, 2.05) is 0 Å². The van der Waals surface area contributed by atoms with Gasteiger partial charge in [-0.25, -0.2) is 13.2 Å². The first kappa shape index (κ1) is 18.6. The van der Waals surface area contributed by atoms with E-state index in [0.717, 1.165) is 23.5 Å². The van der Waals surface area contributed by atoms with Gasteiger partial charge in [-0.15, -0.1) is 0 Å². The van der Waals surface area contributed by atoms with Crippen molar-refractivity contribution in [2.24, 2.45) is 0 Å². The normalized spacial score (nSPS) is 12.6.